The highest BCUT2D eigenvalue weighted by Gasteiger charge is 2.26. The van der Waals surface area contributed by atoms with Gasteiger partial charge in [0.2, 0.25) is 10.0 Å². The molecule has 0 radical (unpaired) electrons. The molecule has 1 fully saturated rings. The van der Waals surface area contributed by atoms with Crippen LogP contribution in [0.5, 0.6) is 0 Å². The summed E-state index contributed by atoms with van der Waals surface area (Å²) in [4.78, 5) is 25.7. The van der Waals surface area contributed by atoms with Crippen LogP contribution in [0.2, 0.25) is 0 Å². The quantitative estimate of drug-likeness (QED) is 0.760. The van der Waals surface area contributed by atoms with Crippen LogP contribution in [0.25, 0.3) is 0 Å². The van der Waals surface area contributed by atoms with Crippen LogP contribution in [0.3, 0.4) is 0 Å². The number of nitrogens with one attached hydrogen (secondary N) is 1. The number of amides is 1. The molecule has 0 bridgehead atoms. The summed E-state index contributed by atoms with van der Waals surface area (Å²) in [6.07, 6.45) is 0.973. The highest BCUT2D eigenvalue weighted by atomic mass is 32.2. The molecule has 1 atom stereocenters. The average Bonchev–Trinajstić information content (AvgIpc) is 3.09. The summed E-state index contributed by atoms with van der Waals surface area (Å²) >= 11 is 0. The van der Waals surface area contributed by atoms with Gasteiger partial charge in [0.25, 0.3) is 5.91 Å². The third kappa shape index (κ3) is 5.02. The summed E-state index contributed by atoms with van der Waals surface area (Å²) in [5, 5.41) is 0. The van der Waals surface area contributed by atoms with Crippen molar-refractivity contribution in [1.29, 1.82) is 0 Å². The van der Waals surface area contributed by atoms with E-state index < -0.39 is 28.6 Å². The maximum absolute atomic E-state index is 12.2. The standard InChI is InChI=1S/C17H24N2O5S/c1-12-6-7-15(10-13(12)2)25(22,23)18-11-16(20)24-14(3)17(21)19-8-4-5-9-19/h6-7,10,14,18H,4-5,8-9,11H2,1-3H3. The topological polar surface area (TPSA) is 92.8 Å². The van der Waals surface area contributed by atoms with Gasteiger partial charge in [-0.2, -0.15) is 4.72 Å². The first-order valence-electron chi connectivity index (χ1n) is 8.26. The maximum atomic E-state index is 12.2. The fraction of sp³-hybridized carbons (Fsp3) is 0.529. The van der Waals surface area contributed by atoms with E-state index >= 15 is 0 Å². The van der Waals surface area contributed by atoms with E-state index in [-0.39, 0.29) is 10.8 Å². The van der Waals surface area contributed by atoms with Crippen LogP contribution in [0.1, 0.15) is 30.9 Å². The molecule has 0 spiro atoms. The van der Waals surface area contributed by atoms with Crippen molar-refractivity contribution in [2.75, 3.05) is 19.6 Å². The molecule has 1 aliphatic rings. The lowest BCUT2D eigenvalue weighted by molar-refractivity contribution is -0.157. The number of ether oxygens (including phenoxy) is 1. The predicted octanol–water partition coefficient (Wildman–Crippen LogP) is 1.14. The molecule has 0 saturated carbocycles. The van der Waals surface area contributed by atoms with Gasteiger partial charge in [0, 0.05) is 13.1 Å². The number of nitrogens with zero attached hydrogens (tertiary/aromatic N) is 1. The molecule has 1 heterocycles. The van der Waals surface area contributed by atoms with Gasteiger partial charge in [-0.15, -0.1) is 0 Å². The summed E-state index contributed by atoms with van der Waals surface area (Å²) in [7, 11) is -3.81. The Hall–Kier alpha value is -1.93. The van der Waals surface area contributed by atoms with Crippen molar-refractivity contribution in [1.82, 2.24) is 9.62 Å². The Morgan fingerprint density at radius 1 is 1.20 bits per heavy atom. The van der Waals surface area contributed by atoms with Crippen molar-refractivity contribution in [3.63, 3.8) is 0 Å². The minimum atomic E-state index is -3.81. The fourth-order valence-corrected chi connectivity index (χ4v) is 3.66. The van der Waals surface area contributed by atoms with Crippen LogP contribution >= 0.6 is 0 Å². The SMILES string of the molecule is Cc1ccc(S(=O)(=O)NCC(=O)OC(C)C(=O)N2CCCC2)cc1C. The minimum Gasteiger partial charge on any atom is -0.452 e. The number of rotatable bonds is 6. The van der Waals surface area contributed by atoms with Crippen molar-refractivity contribution in [3.8, 4) is 0 Å². The van der Waals surface area contributed by atoms with Crippen molar-refractivity contribution in [2.45, 2.75) is 44.6 Å². The average molecular weight is 368 g/mol. The van der Waals surface area contributed by atoms with Gasteiger partial charge in [0.05, 0.1) is 4.90 Å². The second-order valence-corrected chi connectivity index (χ2v) is 8.00. The molecule has 2 rings (SSSR count). The number of likely N-dealkylation sites (tertiary alicyclic amines) is 1. The Bertz CT molecular complexity index is 754. The number of benzene rings is 1. The number of carbonyl (C=O) groups excluding carboxylic acids is 2. The molecular formula is C17H24N2O5S. The zero-order valence-corrected chi connectivity index (χ0v) is 15.6. The maximum Gasteiger partial charge on any atom is 0.321 e. The fourth-order valence-electron chi connectivity index (χ4n) is 2.60. The second-order valence-electron chi connectivity index (χ2n) is 6.24. The van der Waals surface area contributed by atoms with E-state index in [9.17, 15) is 18.0 Å². The van der Waals surface area contributed by atoms with E-state index in [4.69, 9.17) is 4.74 Å². The summed E-state index contributed by atoms with van der Waals surface area (Å²) in [6.45, 7) is 6.01. The third-order valence-electron chi connectivity index (χ3n) is 4.27. The van der Waals surface area contributed by atoms with Crippen LogP contribution in [-0.2, 0) is 24.3 Å². The van der Waals surface area contributed by atoms with Crippen LogP contribution < -0.4 is 4.72 Å². The number of sulfonamides is 1. The van der Waals surface area contributed by atoms with Crippen LogP contribution in [0.4, 0.5) is 0 Å². The molecule has 1 aromatic rings. The number of carbonyl (C=O) groups is 2. The van der Waals surface area contributed by atoms with Gasteiger partial charge in [-0.25, -0.2) is 8.42 Å². The Balaban J connectivity index is 1.89. The molecule has 25 heavy (non-hydrogen) atoms. The summed E-state index contributed by atoms with van der Waals surface area (Å²) in [6, 6.07) is 4.73. The smallest absolute Gasteiger partial charge is 0.321 e. The second kappa shape index (κ2) is 7.97. The molecule has 1 amide bonds. The van der Waals surface area contributed by atoms with Crippen molar-refractivity contribution >= 4 is 21.9 Å². The molecular weight excluding hydrogens is 344 g/mol. The Morgan fingerprint density at radius 3 is 2.44 bits per heavy atom. The van der Waals surface area contributed by atoms with Gasteiger partial charge in [0.1, 0.15) is 6.54 Å². The van der Waals surface area contributed by atoms with E-state index in [1.165, 1.54) is 13.0 Å². The molecule has 1 aliphatic heterocycles. The van der Waals surface area contributed by atoms with Gasteiger partial charge in [-0.3, -0.25) is 9.59 Å². The lowest BCUT2D eigenvalue weighted by atomic mass is 10.1. The highest BCUT2D eigenvalue weighted by Crippen LogP contribution is 2.14. The van der Waals surface area contributed by atoms with Crippen LogP contribution in [0.15, 0.2) is 23.1 Å². The van der Waals surface area contributed by atoms with Gasteiger partial charge >= 0.3 is 5.97 Å². The minimum absolute atomic E-state index is 0.0876. The Kier molecular flexibility index (Phi) is 6.18. The zero-order chi connectivity index (χ0) is 18.6. The normalized spacial score (nSPS) is 15.9. The Labute approximate surface area is 148 Å². The number of hydrogen-bond acceptors (Lipinski definition) is 5. The summed E-state index contributed by atoms with van der Waals surface area (Å²) in [5.41, 5.74) is 1.82. The molecule has 7 nitrogen and oxygen atoms in total. The summed E-state index contributed by atoms with van der Waals surface area (Å²) < 4.78 is 31.7. The zero-order valence-electron chi connectivity index (χ0n) is 14.7. The molecule has 0 aliphatic carbocycles. The predicted molar refractivity (Wildman–Crippen MR) is 92.5 cm³/mol. The van der Waals surface area contributed by atoms with Gasteiger partial charge in [-0.05, 0) is 56.9 Å². The largest absolute Gasteiger partial charge is 0.452 e. The van der Waals surface area contributed by atoms with E-state index in [0.29, 0.717) is 13.1 Å². The molecule has 1 N–H and O–H groups in total. The first-order valence-corrected chi connectivity index (χ1v) is 9.74. The van der Waals surface area contributed by atoms with E-state index in [1.807, 2.05) is 13.8 Å². The van der Waals surface area contributed by atoms with Crippen molar-refractivity contribution < 1.29 is 22.7 Å². The molecule has 138 valence electrons. The van der Waals surface area contributed by atoms with Crippen LogP contribution in [-0.4, -0.2) is 50.9 Å². The molecule has 1 aromatic carbocycles. The van der Waals surface area contributed by atoms with Gasteiger partial charge in [-0.1, -0.05) is 6.07 Å². The van der Waals surface area contributed by atoms with Crippen molar-refractivity contribution in [2.24, 2.45) is 0 Å². The number of aryl methyl sites for hydroxylation is 2. The first-order chi connectivity index (χ1) is 11.7. The van der Waals surface area contributed by atoms with Gasteiger partial charge < -0.3 is 9.64 Å². The third-order valence-corrected chi connectivity index (χ3v) is 5.67. The lowest BCUT2D eigenvalue weighted by Gasteiger charge is -2.20. The molecule has 8 heteroatoms. The summed E-state index contributed by atoms with van der Waals surface area (Å²) in [5.74, 6) is -1.03. The van der Waals surface area contributed by atoms with E-state index in [0.717, 1.165) is 24.0 Å². The lowest BCUT2D eigenvalue weighted by Crippen LogP contribution is -2.40. The number of esters is 1. The van der Waals surface area contributed by atoms with E-state index in [1.54, 1.807) is 17.0 Å². The first kappa shape index (κ1) is 19.4. The van der Waals surface area contributed by atoms with Crippen LogP contribution in [0, 0.1) is 13.8 Å². The highest BCUT2D eigenvalue weighted by molar-refractivity contribution is 7.89. The monoisotopic (exact) mass is 368 g/mol. The molecule has 1 unspecified atom stereocenters. The molecule has 1 saturated heterocycles. The molecule has 0 aromatic heterocycles. The van der Waals surface area contributed by atoms with Crippen molar-refractivity contribution in [3.05, 3.63) is 29.3 Å². The Morgan fingerprint density at radius 2 is 1.84 bits per heavy atom. The van der Waals surface area contributed by atoms with Gasteiger partial charge in [0.15, 0.2) is 6.10 Å². The van der Waals surface area contributed by atoms with E-state index in [2.05, 4.69) is 4.72 Å². The number of hydrogen-bond donors (Lipinski definition) is 1.